The topological polar surface area (TPSA) is 136 Å². The highest BCUT2D eigenvalue weighted by Crippen LogP contribution is 1.99. The molecule has 94 valence electrons. The third-order valence-corrected chi connectivity index (χ3v) is 1.75. The van der Waals surface area contributed by atoms with Crippen molar-refractivity contribution >= 4 is 5.97 Å². The maximum absolute atomic E-state index is 10.2. The Labute approximate surface area is 95.0 Å². The standard InChI is InChI=1S/C6H10O2.C3H3N3O3/c1-4(2)5(3)6(7)8;7-1-4-2(8)6-3(9)5-1/h1-3H3,(H,7,8);(H3,4,5,6,7,8,9). The van der Waals surface area contributed by atoms with Crippen molar-refractivity contribution in [2.24, 2.45) is 0 Å². The van der Waals surface area contributed by atoms with Gasteiger partial charge in [-0.25, -0.2) is 19.2 Å². The molecular weight excluding hydrogens is 230 g/mol. The highest BCUT2D eigenvalue weighted by atomic mass is 16.4. The quantitative estimate of drug-likeness (QED) is 0.478. The predicted molar refractivity (Wildman–Crippen MR) is 60.0 cm³/mol. The smallest absolute Gasteiger partial charge is 0.331 e. The number of hydrogen-bond acceptors (Lipinski definition) is 4. The van der Waals surface area contributed by atoms with Crippen LogP contribution >= 0.6 is 0 Å². The number of nitrogens with one attached hydrogen (secondary N) is 3. The van der Waals surface area contributed by atoms with E-state index >= 15 is 0 Å². The van der Waals surface area contributed by atoms with E-state index in [2.05, 4.69) is 0 Å². The van der Waals surface area contributed by atoms with Crippen molar-refractivity contribution in [3.8, 4) is 0 Å². The Morgan fingerprint density at radius 3 is 1.29 bits per heavy atom. The van der Waals surface area contributed by atoms with Gasteiger partial charge in [0.2, 0.25) is 0 Å². The van der Waals surface area contributed by atoms with Gasteiger partial charge in [0, 0.05) is 5.57 Å². The Morgan fingerprint density at radius 2 is 1.18 bits per heavy atom. The number of aromatic amines is 3. The zero-order chi connectivity index (χ0) is 13.6. The molecule has 0 amide bonds. The van der Waals surface area contributed by atoms with Gasteiger partial charge < -0.3 is 5.11 Å². The summed E-state index contributed by atoms with van der Waals surface area (Å²) in [6.45, 7) is 5.16. The number of carbonyl (C=O) groups is 1. The molecular formula is C9H13N3O5. The number of aromatic nitrogens is 3. The molecule has 17 heavy (non-hydrogen) atoms. The summed E-state index contributed by atoms with van der Waals surface area (Å²) in [5.74, 6) is -0.829. The van der Waals surface area contributed by atoms with E-state index in [0.29, 0.717) is 5.57 Å². The molecule has 0 aromatic carbocycles. The molecule has 8 nitrogen and oxygen atoms in total. The minimum absolute atomic E-state index is 0.435. The lowest BCUT2D eigenvalue weighted by atomic mass is 10.2. The molecule has 0 radical (unpaired) electrons. The Bertz CT molecular complexity index is 507. The van der Waals surface area contributed by atoms with E-state index in [1.165, 1.54) is 0 Å². The SMILES string of the molecule is CC(C)=C(C)C(=O)O.O=c1[nH]c(=O)[nH]c(=O)[nH]1. The minimum atomic E-state index is -0.829. The van der Waals surface area contributed by atoms with Crippen LogP contribution in [0.25, 0.3) is 0 Å². The zero-order valence-electron chi connectivity index (χ0n) is 9.58. The zero-order valence-corrected chi connectivity index (χ0v) is 9.58. The molecule has 0 fully saturated rings. The van der Waals surface area contributed by atoms with Crippen LogP contribution in [0.4, 0.5) is 0 Å². The molecule has 0 aliphatic carbocycles. The van der Waals surface area contributed by atoms with E-state index < -0.39 is 23.0 Å². The van der Waals surface area contributed by atoms with Crippen LogP contribution in [0.3, 0.4) is 0 Å². The number of allylic oxidation sites excluding steroid dienone is 1. The van der Waals surface area contributed by atoms with E-state index in [9.17, 15) is 19.2 Å². The van der Waals surface area contributed by atoms with Gasteiger partial charge in [-0.05, 0) is 20.8 Å². The van der Waals surface area contributed by atoms with Crippen LogP contribution in [-0.4, -0.2) is 26.0 Å². The van der Waals surface area contributed by atoms with E-state index in [4.69, 9.17) is 5.11 Å². The predicted octanol–water partition coefficient (Wildman–Crippen LogP) is -0.821. The van der Waals surface area contributed by atoms with E-state index in [1.54, 1.807) is 35.7 Å². The Morgan fingerprint density at radius 1 is 0.882 bits per heavy atom. The first-order valence-corrected chi connectivity index (χ1v) is 4.54. The molecule has 0 spiro atoms. The molecule has 1 aromatic rings. The fourth-order valence-electron chi connectivity index (χ4n) is 0.617. The van der Waals surface area contributed by atoms with Crippen molar-refractivity contribution in [1.82, 2.24) is 15.0 Å². The van der Waals surface area contributed by atoms with Crippen molar-refractivity contribution in [1.29, 1.82) is 0 Å². The van der Waals surface area contributed by atoms with Gasteiger partial charge in [-0.2, -0.15) is 0 Å². The maximum Gasteiger partial charge on any atom is 0.331 e. The van der Waals surface area contributed by atoms with Crippen molar-refractivity contribution in [2.45, 2.75) is 20.8 Å². The average Bonchev–Trinajstić information content (AvgIpc) is 2.14. The van der Waals surface area contributed by atoms with Crippen molar-refractivity contribution in [2.75, 3.05) is 0 Å². The van der Waals surface area contributed by atoms with E-state index in [-0.39, 0.29) is 0 Å². The fourth-order valence-corrected chi connectivity index (χ4v) is 0.617. The Balaban J connectivity index is 0.000000304. The molecule has 1 aromatic heterocycles. The maximum atomic E-state index is 10.2. The number of carboxylic acid groups (broad SMARTS) is 1. The summed E-state index contributed by atoms with van der Waals surface area (Å²) in [4.78, 5) is 46.0. The molecule has 0 saturated carbocycles. The van der Waals surface area contributed by atoms with Gasteiger partial charge in [-0.1, -0.05) is 5.57 Å². The molecule has 4 N–H and O–H groups in total. The fraction of sp³-hybridized carbons (Fsp3) is 0.333. The molecule has 0 saturated heterocycles. The van der Waals surface area contributed by atoms with Gasteiger partial charge in [0.05, 0.1) is 0 Å². The number of H-pyrrole nitrogens is 3. The second kappa shape index (κ2) is 6.26. The molecule has 1 rings (SSSR count). The van der Waals surface area contributed by atoms with Crippen LogP contribution in [0.1, 0.15) is 20.8 Å². The first-order valence-electron chi connectivity index (χ1n) is 4.54. The lowest BCUT2D eigenvalue weighted by Crippen LogP contribution is -2.34. The van der Waals surface area contributed by atoms with Crippen molar-refractivity contribution < 1.29 is 9.90 Å². The van der Waals surface area contributed by atoms with Crippen LogP contribution < -0.4 is 17.1 Å². The lowest BCUT2D eigenvalue weighted by molar-refractivity contribution is -0.132. The van der Waals surface area contributed by atoms with E-state index in [0.717, 1.165) is 5.57 Å². The second-order valence-electron chi connectivity index (χ2n) is 3.29. The summed E-state index contributed by atoms with van der Waals surface area (Å²) in [5.41, 5.74) is -1.11. The van der Waals surface area contributed by atoms with Crippen LogP contribution in [0.15, 0.2) is 25.5 Å². The molecule has 0 bridgehead atoms. The largest absolute Gasteiger partial charge is 0.478 e. The highest BCUT2D eigenvalue weighted by molar-refractivity contribution is 5.86. The summed E-state index contributed by atoms with van der Waals surface area (Å²) in [5, 5.41) is 8.29. The van der Waals surface area contributed by atoms with Gasteiger partial charge in [0.25, 0.3) is 0 Å². The lowest BCUT2D eigenvalue weighted by Gasteiger charge is -1.92. The van der Waals surface area contributed by atoms with Crippen LogP contribution in [0.5, 0.6) is 0 Å². The van der Waals surface area contributed by atoms with Crippen LogP contribution in [0.2, 0.25) is 0 Å². The van der Waals surface area contributed by atoms with Gasteiger partial charge in [0.1, 0.15) is 0 Å². The van der Waals surface area contributed by atoms with Gasteiger partial charge >= 0.3 is 23.0 Å². The van der Waals surface area contributed by atoms with Gasteiger partial charge in [-0.3, -0.25) is 15.0 Å². The molecule has 0 aliphatic heterocycles. The molecule has 0 unspecified atom stereocenters. The Kier molecular flexibility index (Phi) is 5.38. The molecule has 1 heterocycles. The molecule has 0 aliphatic rings. The van der Waals surface area contributed by atoms with Crippen LogP contribution in [-0.2, 0) is 4.79 Å². The van der Waals surface area contributed by atoms with Crippen LogP contribution in [0, 0.1) is 0 Å². The first kappa shape index (κ1) is 14.6. The van der Waals surface area contributed by atoms with Crippen molar-refractivity contribution in [3.63, 3.8) is 0 Å². The van der Waals surface area contributed by atoms with Crippen molar-refractivity contribution in [3.05, 3.63) is 42.6 Å². The minimum Gasteiger partial charge on any atom is -0.478 e. The average molecular weight is 243 g/mol. The summed E-state index contributed by atoms with van der Waals surface area (Å²) in [6.07, 6.45) is 0. The van der Waals surface area contributed by atoms with Gasteiger partial charge in [0.15, 0.2) is 0 Å². The first-order chi connectivity index (χ1) is 7.73. The highest BCUT2D eigenvalue weighted by Gasteiger charge is 1.99. The summed E-state index contributed by atoms with van der Waals surface area (Å²) in [6, 6.07) is 0. The van der Waals surface area contributed by atoms with E-state index in [1.807, 2.05) is 0 Å². The normalized spacial score (nSPS) is 8.88. The van der Waals surface area contributed by atoms with Gasteiger partial charge in [-0.15, -0.1) is 0 Å². The third kappa shape index (κ3) is 5.92. The second-order valence-corrected chi connectivity index (χ2v) is 3.29. The number of rotatable bonds is 1. The molecule has 0 atom stereocenters. The summed E-state index contributed by atoms with van der Waals surface area (Å²) >= 11 is 0. The number of carboxylic acids is 1. The summed E-state index contributed by atoms with van der Waals surface area (Å²) < 4.78 is 0. The number of hydrogen-bond donors (Lipinski definition) is 4. The number of aliphatic carboxylic acids is 1. The Hall–Kier alpha value is -2.38. The summed E-state index contributed by atoms with van der Waals surface area (Å²) in [7, 11) is 0. The molecule has 8 heteroatoms. The monoisotopic (exact) mass is 243 g/mol. The third-order valence-electron chi connectivity index (χ3n) is 1.75.